The van der Waals surface area contributed by atoms with E-state index in [1.165, 1.54) is 6.08 Å². The van der Waals surface area contributed by atoms with E-state index in [2.05, 4.69) is 0 Å². The number of aliphatic hydroxyl groups excluding tert-OH is 1. The Bertz CT molecular complexity index is 492. The number of allylic oxidation sites excluding steroid dienone is 1. The number of carbonyl (C=O) groups excluding carboxylic acids is 2. The minimum atomic E-state index is -1.12. The van der Waals surface area contributed by atoms with Gasteiger partial charge in [0.05, 0.1) is 24.0 Å². The van der Waals surface area contributed by atoms with Gasteiger partial charge in [0.15, 0.2) is 5.78 Å². The predicted molar refractivity (Wildman–Crippen MR) is 69.5 cm³/mol. The summed E-state index contributed by atoms with van der Waals surface area (Å²) < 4.78 is 5.49. The number of fused-ring (bicyclic) bond motifs is 3. The molecular weight excluding hydrogens is 260 g/mol. The Morgan fingerprint density at radius 1 is 1.45 bits per heavy atom. The van der Waals surface area contributed by atoms with Crippen molar-refractivity contribution in [3.8, 4) is 0 Å². The third kappa shape index (κ3) is 1.76. The van der Waals surface area contributed by atoms with Crippen molar-refractivity contribution in [2.45, 2.75) is 38.4 Å². The van der Waals surface area contributed by atoms with E-state index in [9.17, 15) is 19.8 Å². The maximum absolute atomic E-state index is 12.2. The van der Waals surface area contributed by atoms with Gasteiger partial charge in [-0.2, -0.15) is 0 Å². The fraction of sp³-hybridized carbons (Fsp3) is 0.733. The minimum Gasteiger partial charge on any atom is -0.461 e. The van der Waals surface area contributed by atoms with Gasteiger partial charge in [0, 0.05) is 11.8 Å². The number of ketones is 1. The SMILES string of the molecule is C[C@@H]1C(=O)O[C@H]2[C@H]1CC[C@](C)(O)[C@@H]1C(=O)C=C(CO)[C@H]21. The van der Waals surface area contributed by atoms with Crippen molar-refractivity contribution in [1.29, 1.82) is 0 Å². The Labute approximate surface area is 117 Å². The topological polar surface area (TPSA) is 83.8 Å². The third-order valence-corrected chi connectivity index (χ3v) is 5.30. The van der Waals surface area contributed by atoms with Gasteiger partial charge in [-0.1, -0.05) is 6.92 Å². The van der Waals surface area contributed by atoms with Crippen molar-refractivity contribution in [2.75, 3.05) is 6.61 Å². The maximum atomic E-state index is 12.2. The lowest BCUT2D eigenvalue weighted by Crippen LogP contribution is -2.43. The second-order valence-electron chi connectivity index (χ2n) is 6.53. The first-order chi connectivity index (χ1) is 9.36. The first-order valence-corrected chi connectivity index (χ1v) is 7.15. The van der Waals surface area contributed by atoms with Crippen molar-refractivity contribution in [3.63, 3.8) is 0 Å². The molecule has 3 aliphatic rings. The van der Waals surface area contributed by atoms with Gasteiger partial charge in [0.1, 0.15) is 6.10 Å². The van der Waals surface area contributed by atoms with Crippen LogP contribution in [0.15, 0.2) is 11.6 Å². The zero-order valence-electron chi connectivity index (χ0n) is 11.7. The number of aliphatic hydroxyl groups is 2. The predicted octanol–water partition coefficient (Wildman–Crippen LogP) is 0.443. The zero-order valence-corrected chi connectivity index (χ0v) is 11.7. The van der Waals surface area contributed by atoms with Crippen LogP contribution in [0.3, 0.4) is 0 Å². The summed E-state index contributed by atoms with van der Waals surface area (Å²) in [6.07, 6.45) is 2.14. The van der Waals surface area contributed by atoms with Gasteiger partial charge in [0.25, 0.3) is 0 Å². The summed E-state index contributed by atoms with van der Waals surface area (Å²) in [4.78, 5) is 24.0. The average molecular weight is 280 g/mol. The number of rotatable bonds is 1. The third-order valence-electron chi connectivity index (χ3n) is 5.30. The molecule has 1 saturated carbocycles. The molecule has 0 aromatic heterocycles. The molecule has 0 aromatic carbocycles. The summed E-state index contributed by atoms with van der Waals surface area (Å²) in [5, 5.41) is 20.1. The van der Waals surface area contributed by atoms with Gasteiger partial charge >= 0.3 is 5.97 Å². The molecule has 2 aliphatic carbocycles. The van der Waals surface area contributed by atoms with E-state index in [0.717, 1.165) is 0 Å². The molecule has 6 atom stereocenters. The lowest BCUT2D eigenvalue weighted by Gasteiger charge is -2.33. The second-order valence-corrected chi connectivity index (χ2v) is 6.53. The molecule has 0 bridgehead atoms. The molecule has 1 saturated heterocycles. The van der Waals surface area contributed by atoms with E-state index >= 15 is 0 Å². The number of hydrogen-bond donors (Lipinski definition) is 2. The van der Waals surface area contributed by atoms with E-state index in [-0.39, 0.29) is 36.1 Å². The van der Waals surface area contributed by atoms with Gasteiger partial charge in [-0.15, -0.1) is 0 Å². The molecule has 110 valence electrons. The second kappa shape index (κ2) is 4.40. The molecule has 1 heterocycles. The molecule has 1 aliphatic heterocycles. The van der Waals surface area contributed by atoms with Crippen LogP contribution in [0.1, 0.15) is 26.7 Å². The van der Waals surface area contributed by atoms with E-state index in [0.29, 0.717) is 18.4 Å². The highest BCUT2D eigenvalue weighted by atomic mass is 16.6. The molecule has 5 nitrogen and oxygen atoms in total. The number of carbonyl (C=O) groups is 2. The Hall–Kier alpha value is -1.20. The Kier molecular flexibility index (Phi) is 3.03. The molecule has 5 heteroatoms. The summed E-state index contributed by atoms with van der Waals surface area (Å²) in [5.41, 5.74) is -0.537. The highest BCUT2D eigenvalue weighted by Gasteiger charge is 2.58. The Morgan fingerprint density at radius 3 is 2.80 bits per heavy atom. The first-order valence-electron chi connectivity index (χ1n) is 7.15. The lowest BCUT2D eigenvalue weighted by molar-refractivity contribution is -0.148. The van der Waals surface area contributed by atoms with Crippen LogP contribution >= 0.6 is 0 Å². The molecule has 2 fully saturated rings. The lowest BCUT2D eigenvalue weighted by atomic mass is 9.75. The quantitative estimate of drug-likeness (QED) is 0.681. The first kappa shape index (κ1) is 13.8. The number of ether oxygens (including phenoxy) is 1. The van der Waals surface area contributed by atoms with Crippen LogP contribution in [-0.4, -0.2) is 40.3 Å². The summed E-state index contributed by atoms with van der Waals surface area (Å²) in [5.74, 6) is -1.62. The van der Waals surface area contributed by atoms with Crippen LogP contribution in [0.2, 0.25) is 0 Å². The highest BCUT2D eigenvalue weighted by molar-refractivity contribution is 5.97. The van der Waals surface area contributed by atoms with E-state index in [1.54, 1.807) is 6.92 Å². The average Bonchev–Trinajstić information content (AvgIpc) is 2.82. The van der Waals surface area contributed by atoms with Crippen LogP contribution < -0.4 is 0 Å². The van der Waals surface area contributed by atoms with Gasteiger partial charge in [-0.25, -0.2) is 0 Å². The van der Waals surface area contributed by atoms with Crippen LogP contribution in [0.5, 0.6) is 0 Å². The van der Waals surface area contributed by atoms with E-state index in [4.69, 9.17) is 4.74 Å². The monoisotopic (exact) mass is 280 g/mol. The van der Waals surface area contributed by atoms with Crippen LogP contribution in [0.25, 0.3) is 0 Å². The Morgan fingerprint density at radius 2 is 2.15 bits per heavy atom. The van der Waals surface area contributed by atoms with Crippen molar-refractivity contribution < 1.29 is 24.5 Å². The smallest absolute Gasteiger partial charge is 0.309 e. The number of hydrogen-bond acceptors (Lipinski definition) is 5. The van der Waals surface area contributed by atoms with Gasteiger partial charge in [-0.3, -0.25) is 9.59 Å². The molecule has 20 heavy (non-hydrogen) atoms. The van der Waals surface area contributed by atoms with Crippen molar-refractivity contribution >= 4 is 11.8 Å². The summed E-state index contributed by atoms with van der Waals surface area (Å²) >= 11 is 0. The summed E-state index contributed by atoms with van der Waals surface area (Å²) in [6.45, 7) is 3.27. The summed E-state index contributed by atoms with van der Waals surface area (Å²) in [6, 6.07) is 0. The van der Waals surface area contributed by atoms with Crippen LogP contribution in [0, 0.1) is 23.7 Å². The zero-order chi connectivity index (χ0) is 14.7. The largest absolute Gasteiger partial charge is 0.461 e. The fourth-order valence-electron chi connectivity index (χ4n) is 4.16. The molecule has 3 rings (SSSR count). The van der Waals surface area contributed by atoms with Gasteiger partial charge < -0.3 is 14.9 Å². The van der Waals surface area contributed by atoms with Crippen molar-refractivity contribution in [3.05, 3.63) is 11.6 Å². The molecule has 0 spiro atoms. The van der Waals surface area contributed by atoms with Crippen LogP contribution in [-0.2, 0) is 14.3 Å². The van der Waals surface area contributed by atoms with Crippen molar-refractivity contribution in [1.82, 2.24) is 0 Å². The Balaban J connectivity index is 2.05. The standard InChI is InChI=1S/C15H20O5/c1-7-9-3-4-15(2,19)12-10(17)5-8(6-16)11(12)13(9)20-14(7)18/h5,7,9,11-13,16,19H,3-4,6H2,1-2H3/t7-,9-,11-,12+,13-,15-/m0/s1. The number of esters is 1. The highest BCUT2D eigenvalue weighted by Crippen LogP contribution is 2.51. The fourth-order valence-corrected chi connectivity index (χ4v) is 4.16. The molecule has 2 N–H and O–H groups in total. The normalized spacial score (nSPS) is 47.4. The summed E-state index contributed by atoms with van der Waals surface area (Å²) in [7, 11) is 0. The minimum absolute atomic E-state index is 0.00447. The molecule has 0 radical (unpaired) electrons. The van der Waals surface area contributed by atoms with Gasteiger partial charge in [0.2, 0.25) is 0 Å². The van der Waals surface area contributed by atoms with Gasteiger partial charge in [-0.05, 0) is 31.4 Å². The maximum Gasteiger partial charge on any atom is 0.309 e. The molecule has 0 amide bonds. The van der Waals surface area contributed by atoms with E-state index in [1.807, 2.05) is 6.92 Å². The van der Waals surface area contributed by atoms with Crippen LogP contribution in [0.4, 0.5) is 0 Å². The molecule has 0 unspecified atom stereocenters. The van der Waals surface area contributed by atoms with Crippen molar-refractivity contribution in [2.24, 2.45) is 23.7 Å². The van der Waals surface area contributed by atoms with E-state index < -0.39 is 17.6 Å². The molecular formula is C15H20O5. The molecule has 0 aromatic rings.